The maximum Gasteiger partial charge on any atom is 0.342 e. The van der Waals surface area contributed by atoms with Crippen molar-refractivity contribution in [3.05, 3.63) is 35.9 Å². The van der Waals surface area contributed by atoms with E-state index in [0.717, 1.165) is 0 Å². The number of benzene rings is 1. The van der Waals surface area contributed by atoms with Crippen molar-refractivity contribution in [1.82, 2.24) is 0 Å². The first-order valence-electron chi connectivity index (χ1n) is 5.62. The van der Waals surface area contributed by atoms with E-state index in [1.807, 2.05) is 0 Å². The van der Waals surface area contributed by atoms with Gasteiger partial charge < -0.3 is 14.9 Å². The summed E-state index contributed by atoms with van der Waals surface area (Å²) in [7, 11) is 0. The van der Waals surface area contributed by atoms with Crippen molar-refractivity contribution < 1.29 is 19.7 Å². The summed E-state index contributed by atoms with van der Waals surface area (Å²) >= 11 is 0. The molecule has 0 aromatic heterocycles. The zero-order valence-corrected chi connectivity index (χ0v) is 10.2. The Labute approximate surface area is 106 Å². The molecule has 2 N–H and O–H groups in total. The molecule has 1 aromatic rings. The Kier molecular flexibility index (Phi) is 4.90. The van der Waals surface area contributed by atoms with Crippen LogP contribution in [0.3, 0.4) is 0 Å². The lowest BCUT2D eigenvalue weighted by Crippen LogP contribution is -2.45. The molecule has 0 aliphatic carbocycles. The molecule has 4 nitrogen and oxygen atoms in total. The molecule has 0 aliphatic heterocycles. The molecule has 0 aliphatic rings. The van der Waals surface area contributed by atoms with Crippen molar-refractivity contribution in [3.8, 4) is 12.3 Å². The number of hydrogen-bond donors (Lipinski definition) is 2. The summed E-state index contributed by atoms with van der Waals surface area (Å²) in [5.74, 6) is 1.27. The van der Waals surface area contributed by atoms with Gasteiger partial charge in [-0.25, -0.2) is 4.79 Å². The van der Waals surface area contributed by atoms with Gasteiger partial charge in [0.2, 0.25) is 5.60 Å². The van der Waals surface area contributed by atoms with E-state index in [4.69, 9.17) is 11.2 Å². The van der Waals surface area contributed by atoms with E-state index in [0.29, 0.717) is 5.56 Å². The molecule has 0 heterocycles. The molecule has 96 valence electrons. The van der Waals surface area contributed by atoms with Gasteiger partial charge in [-0.15, -0.1) is 12.3 Å². The van der Waals surface area contributed by atoms with Gasteiger partial charge >= 0.3 is 5.97 Å². The van der Waals surface area contributed by atoms with Crippen molar-refractivity contribution in [2.24, 2.45) is 0 Å². The topological polar surface area (TPSA) is 66.8 Å². The highest BCUT2D eigenvalue weighted by atomic mass is 16.6. The Balaban J connectivity index is 3.05. The monoisotopic (exact) mass is 248 g/mol. The van der Waals surface area contributed by atoms with E-state index < -0.39 is 17.7 Å². The predicted octanol–water partition coefficient (Wildman–Crippen LogP) is 1.04. The third kappa shape index (κ3) is 2.89. The second-order valence-electron chi connectivity index (χ2n) is 3.84. The largest absolute Gasteiger partial charge is 0.464 e. The first-order chi connectivity index (χ1) is 8.56. The normalized spacial score (nSPS) is 15.2. The Morgan fingerprint density at radius 3 is 2.61 bits per heavy atom. The lowest BCUT2D eigenvalue weighted by molar-refractivity contribution is -0.178. The Hall–Kier alpha value is -1.83. The van der Waals surface area contributed by atoms with Crippen LogP contribution in [-0.4, -0.2) is 28.4 Å². The molecule has 0 fully saturated rings. The number of rotatable bonds is 5. The van der Waals surface area contributed by atoms with E-state index in [1.165, 1.54) is 0 Å². The first-order valence-corrected chi connectivity index (χ1v) is 5.62. The highest BCUT2D eigenvalue weighted by molar-refractivity contribution is 5.80. The third-order valence-corrected chi connectivity index (χ3v) is 2.57. The predicted molar refractivity (Wildman–Crippen MR) is 66.4 cm³/mol. The van der Waals surface area contributed by atoms with Crippen LogP contribution in [-0.2, 0) is 9.53 Å². The van der Waals surface area contributed by atoms with E-state index in [-0.39, 0.29) is 13.0 Å². The minimum atomic E-state index is -2.12. The first kappa shape index (κ1) is 14.2. The van der Waals surface area contributed by atoms with Crippen LogP contribution in [0, 0.1) is 12.3 Å². The summed E-state index contributed by atoms with van der Waals surface area (Å²) in [5.41, 5.74) is -1.71. The van der Waals surface area contributed by atoms with Gasteiger partial charge in [-0.2, -0.15) is 0 Å². The van der Waals surface area contributed by atoms with Gasteiger partial charge in [0, 0.05) is 0 Å². The van der Waals surface area contributed by atoms with Gasteiger partial charge in [0.25, 0.3) is 0 Å². The van der Waals surface area contributed by atoms with Crippen LogP contribution in [0.5, 0.6) is 0 Å². The second-order valence-corrected chi connectivity index (χ2v) is 3.84. The quantitative estimate of drug-likeness (QED) is 0.603. The van der Waals surface area contributed by atoms with Crippen molar-refractivity contribution in [2.75, 3.05) is 6.61 Å². The minimum absolute atomic E-state index is 0.104. The molecule has 18 heavy (non-hydrogen) atoms. The molecule has 1 rings (SSSR count). The van der Waals surface area contributed by atoms with Crippen LogP contribution < -0.4 is 0 Å². The molecular formula is C14H16O4. The maximum absolute atomic E-state index is 11.7. The number of terminal acetylenes is 1. The number of ether oxygens (including phenoxy) is 1. The molecule has 0 radical (unpaired) electrons. The zero-order valence-electron chi connectivity index (χ0n) is 10.2. The van der Waals surface area contributed by atoms with Crippen LogP contribution in [0.1, 0.15) is 25.0 Å². The number of carbonyl (C=O) groups is 1. The van der Waals surface area contributed by atoms with Crippen molar-refractivity contribution in [3.63, 3.8) is 0 Å². The number of hydrogen-bond acceptors (Lipinski definition) is 4. The summed E-state index contributed by atoms with van der Waals surface area (Å²) in [6.45, 7) is 1.72. The summed E-state index contributed by atoms with van der Waals surface area (Å²) < 4.78 is 4.76. The Bertz CT molecular complexity index is 435. The smallest absolute Gasteiger partial charge is 0.342 e. The van der Waals surface area contributed by atoms with Crippen molar-refractivity contribution >= 4 is 5.97 Å². The minimum Gasteiger partial charge on any atom is -0.464 e. The average Bonchev–Trinajstić information content (AvgIpc) is 2.39. The van der Waals surface area contributed by atoms with Gasteiger partial charge in [0.05, 0.1) is 13.0 Å². The van der Waals surface area contributed by atoms with Crippen LogP contribution in [0.25, 0.3) is 0 Å². The number of carbonyl (C=O) groups excluding carboxylic acids is 1. The van der Waals surface area contributed by atoms with Crippen LogP contribution >= 0.6 is 0 Å². The van der Waals surface area contributed by atoms with Gasteiger partial charge in [-0.05, 0) is 12.5 Å². The third-order valence-electron chi connectivity index (χ3n) is 2.57. The summed E-state index contributed by atoms with van der Waals surface area (Å²) in [6, 6.07) is 8.36. The SMILES string of the molecule is C#CC[C@@](O)(C(=O)OCC)[C@@H](O)c1ccccc1. The highest BCUT2D eigenvalue weighted by Crippen LogP contribution is 2.30. The fourth-order valence-corrected chi connectivity index (χ4v) is 1.60. The molecule has 1 aromatic carbocycles. The standard InChI is InChI=1S/C14H16O4/c1-3-10-14(17,13(16)18-4-2)12(15)11-8-6-5-7-9-11/h1,5-9,12,15,17H,4,10H2,2H3/t12-,14-/m0/s1. The summed E-state index contributed by atoms with van der Waals surface area (Å²) in [6.07, 6.45) is 3.40. The highest BCUT2D eigenvalue weighted by Gasteiger charge is 2.45. The molecule has 0 spiro atoms. The van der Waals surface area contributed by atoms with Crippen molar-refractivity contribution in [1.29, 1.82) is 0 Å². The molecule has 0 saturated carbocycles. The maximum atomic E-state index is 11.7. The van der Waals surface area contributed by atoms with Crippen LogP contribution in [0.4, 0.5) is 0 Å². The van der Waals surface area contributed by atoms with Crippen LogP contribution in [0.15, 0.2) is 30.3 Å². The van der Waals surface area contributed by atoms with Gasteiger partial charge in [0.1, 0.15) is 6.10 Å². The summed E-state index contributed by atoms with van der Waals surface area (Å²) in [5, 5.41) is 20.4. The fraction of sp³-hybridized carbons (Fsp3) is 0.357. The molecule has 0 amide bonds. The molecule has 0 bridgehead atoms. The molecule has 0 saturated heterocycles. The Morgan fingerprint density at radius 1 is 1.50 bits per heavy atom. The second kappa shape index (κ2) is 6.20. The van der Waals surface area contributed by atoms with E-state index in [1.54, 1.807) is 37.3 Å². The zero-order chi connectivity index (χ0) is 13.6. The number of aliphatic hydroxyl groups excluding tert-OH is 1. The Morgan fingerprint density at radius 2 is 2.11 bits per heavy atom. The van der Waals surface area contributed by atoms with Gasteiger partial charge in [-0.3, -0.25) is 0 Å². The summed E-state index contributed by atoms with van der Waals surface area (Å²) in [4.78, 5) is 11.7. The van der Waals surface area contributed by atoms with Gasteiger partial charge in [-0.1, -0.05) is 30.3 Å². The molecular weight excluding hydrogens is 232 g/mol. The lowest BCUT2D eigenvalue weighted by atomic mass is 9.88. The van der Waals surface area contributed by atoms with Gasteiger partial charge in [0.15, 0.2) is 0 Å². The average molecular weight is 248 g/mol. The lowest BCUT2D eigenvalue weighted by Gasteiger charge is -2.29. The number of esters is 1. The van der Waals surface area contributed by atoms with E-state index in [9.17, 15) is 15.0 Å². The van der Waals surface area contributed by atoms with E-state index >= 15 is 0 Å². The van der Waals surface area contributed by atoms with E-state index in [2.05, 4.69) is 5.92 Å². The van der Waals surface area contributed by atoms with Crippen LogP contribution in [0.2, 0.25) is 0 Å². The molecule has 4 heteroatoms. The molecule has 2 atom stereocenters. The van der Waals surface area contributed by atoms with Crippen molar-refractivity contribution in [2.45, 2.75) is 25.0 Å². The molecule has 0 unspecified atom stereocenters. The number of aliphatic hydroxyl groups is 2. The fourth-order valence-electron chi connectivity index (χ4n) is 1.60.